The van der Waals surface area contributed by atoms with E-state index in [0.717, 1.165) is 11.1 Å². The maximum Gasteiger partial charge on any atom is 0.292 e. The van der Waals surface area contributed by atoms with Crippen LogP contribution in [0.4, 0.5) is 47.1 Å². The molecule has 0 spiro atoms. The number of nitrogens with zero attached hydrogens (tertiary/aromatic N) is 9. The van der Waals surface area contributed by atoms with Gasteiger partial charge in [0.25, 0.3) is 24.3 Å². The fraction of sp³-hybridized carbons (Fsp3) is 0.286. The Morgan fingerprint density at radius 3 is 1.52 bits per heavy atom. The Labute approximate surface area is 364 Å². The topological polar surface area (TPSA) is 238 Å². The summed E-state index contributed by atoms with van der Waals surface area (Å²) < 4.78 is 84.5. The number of aryl methyl sites for hydroxylation is 2. The van der Waals surface area contributed by atoms with Gasteiger partial charge in [0, 0.05) is 49.7 Å². The van der Waals surface area contributed by atoms with Crippen molar-refractivity contribution in [2.45, 2.75) is 24.3 Å². The van der Waals surface area contributed by atoms with Gasteiger partial charge in [-0.1, -0.05) is 84.0 Å². The third-order valence-electron chi connectivity index (χ3n) is 10.5. The zero-order valence-corrected chi connectivity index (χ0v) is 36.0. The maximum absolute atomic E-state index is 13.7. The van der Waals surface area contributed by atoms with Crippen LogP contribution in [0.25, 0.3) is 6.08 Å². The maximum atomic E-state index is 13.7. The molecular weight excluding hydrogens is 851 g/mol. The van der Waals surface area contributed by atoms with Gasteiger partial charge in [0.2, 0.25) is 35.7 Å². The number of nitrogens with one attached hydrogen (secondary N) is 2. The van der Waals surface area contributed by atoms with Crippen molar-refractivity contribution in [1.29, 1.82) is 0 Å². The highest BCUT2D eigenvalue weighted by Crippen LogP contribution is 2.45. The number of rotatable bonds is 13. The number of hydrogen-bond acceptors (Lipinski definition) is 17. The third-order valence-corrected chi connectivity index (χ3v) is 14.2. The molecule has 4 heterocycles. The summed E-state index contributed by atoms with van der Waals surface area (Å²) in [6.07, 6.45) is 4.28. The van der Waals surface area contributed by atoms with E-state index in [4.69, 9.17) is 39.4 Å². The average Bonchev–Trinajstić information content (AvgIpc) is 3.27. The minimum absolute atomic E-state index is 0.0741. The predicted molar refractivity (Wildman–Crippen MR) is 239 cm³/mol. The highest BCUT2D eigenvalue weighted by Gasteiger charge is 2.59. The molecule has 328 valence electrons. The molecule has 0 radical (unpaired) electrons. The summed E-state index contributed by atoms with van der Waals surface area (Å²) in [5.74, 6) is 0.235. The Hall–Kier alpha value is -6.36. The van der Waals surface area contributed by atoms with Crippen LogP contribution in [0.2, 0.25) is 0 Å². The van der Waals surface area contributed by atoms with Gasteiger partial charge in [-0.15, -0.1) is 0 Å². The molecular formula is C42H45N11O8S2. The lowest BCUT2D eigenvalue weighted by atomic mass is 9.99. The van der Waals surface area contributed by atoms with Crippen LogP contribution >= 0.6 is 0 Å². The van der Waals surface area contributed by atoms with E-state index in [-0.39, 0.29) is 41.4 Å². The van der Waals surface area contributed by atoms with Crippen LogP contribution in [-0.2, 0) is 29.7 Å². The van der Waals surface area contributed by atoms with Crippen LogP contribution in [0.5, 0.6) is 0 Å². The molecule has 63 heavy (non-hydrogen) atoms. The quantitative estimate of drug-likeness (QED) is 0.109. The van der Waals surface area contributed by atoms with Crippen LogP contribution in [0, 0.1) is 13.8 Å². The van der Waals surface area contributed by atoms with Crippen molar-refractivity contribution in [3.63, 3.8) is 0 Å². The number of hydrogen-bond donors (Lipinski definition) is 4. The Bertz CT molecular complexity index is 2620. The van der Waals surface area contributed by atoms with Crippen molar-refractivity contribution in [2.24, 2.45) is 0 Å². The van der Waals surface area contributed by atoms with Gasteiger partial charge >= 0.3 is 0 Å². The molecule has 0 atom stereocenters. The highest BCUT2D eigenvalue weighted by atomic mass is 32.3. The smallest absolute Gasteiger partial charge is 0.292 e. The summed E-state index contributed by atoms with van der Waals surface area (Å²) in [5.41, 5.74) is 3.36. The predicted octanol–water partition coefficient (Wildman–Crippen LogP) is 5.37. The number of morpholine rings is 2. The summed E-state index contributed by atoms with van der Waals surface area (Å²) in [6.45, 7) is 7.12. The molecule has 4 N–H and O–H groups in total. The van der Waals surface area contributed by atoms with Crippen molar-refractivity contribution in [3.8, 4) is 0 Å². The Kier molecular flexibility index (Phi) is 12.5. The first-order chi connectivity index (χ1) is 30.3. The zero-order chi connectivity index (χ0) is 44.2. The van der Waals surface area contributed by atoms with Crippen LogP contribution in [0.1, 0.15) is 23.1 Å². The van der Waals surface area contributed by atoms with E-state index in [1.807, 2.05) is 72.2 Å². The first-order valence-corrected chi connectivity index (χ1v) is 22.9. The van der Waals surface area contributed by atoms with Crippen LogP contribution < -0.4 is 25.3 Å². The Morgan fingerprint density at radius 1 is 0.619 bits per heavy atom. The first-order valence-electron chi connectivity index (χ1n) is 20.0. The minimum Gasteiger partial charge on any atom is -0.378 e. The molecule has 0 amide bonds. The molecule has 2 aromatic heterocycles. The van der Waals surface area contributed by atoms with E-state index >= 15 is 0 Å². The lowest BCUT2D eigenvalue weighted by Gasteiger charge is -2.35. The van der Waals surface area contributed by atoms with E-state index in [1.165, 1.54) is 29.2 Å². The van der Waals surface area contributed by atoms with E-state index in [9.17, 15) is 25.9 Å². The van der Waals surface area contributed by atoms with E-state index in [2.05, 4.69) is 10.6 Å². The van der Waals surface area contributed by atoms with Crippen LogP contribution in [-0.4, -0.2) is 113 Å². The monoisotopic (exact) mass is 895 g/mol. The van der Waals surface area contributed by atoms with Gasteiger partial charge in [0.1, 0.15) is 0 Å². The van der Waals surface area contributed by atoms with Gasteiger partial charge < -0.3 is 29.9 Å². The fourth-order valence-corrected chi connectivity index (χ4v) is 9.71. The molecule has 2 saturated heterocycles. The summed E-state index contributed by atoms with van der Waals surface area (Å²) in [5, 5.41) is 6.46. The third kappa shape index (κ3) is 9.67. The summed E-state index contributed by atoms with van der Waals surface area (Å²) >= 11 is 0. The van der Waals surface area contributed by atoms with Gasteiger partial charge in [0.05, 0.1) is 26.4 Å². The second-order valence-electron chi connectivity index (χ2n) is 14.9. The highest BCUT2D eigenvalue weighted by molar-refractivity contribution is 8.05. The first kappa shape index (κ1) is 43.3. The zero-order valence-electron chi connectivity index (χ0n) is 34.4. The van der Waals surface area contributed by atoms with Gasteiger partial charge in [-0.05, 0) is 55.3 Å². The standard InChI is InChI=1S/C42H45N11O8S2/c1-29-8-15-33(16-9-29)43-36-45-38(51-20-24-60-25-21-51)49-40(47-36)53(41-48-37(44-34-17-10-30(2)11-18-34)46-39(50-41)52-22-26-61-27-23-52)35-19-14-32(13-12-31-6-4-3-5-7-31)42(28-35,62(54,55)56)63(57,58)59/h3-19H,20-28H2,1-2H3,(H,54,55,56)(H,57,58,59)(H,43,45,47,49)(H,44,46,48,50). The van der Waals surface area contributed by atoms with Crippen molar-refractivity contribution in [2.75, 3.05) is 77.9 Å². The van der Waals surface area contributed by atoms with Crippen LogP contribution in [0.15, 0.2) is 108 Å². The molecule has 0 saturated carbocycles. The van der Waals surface area contributed by atoms with Crippen molar-refractivity contribution < 1.29 is 35.4 Å². The molecule has 8 rings (SSSR count). The molecule has 5 aromatic rings. The number of anilines is 8. The number of allylic oxidation sites excluding steroid dienone is 4. The molecule has 1 aliphatic carbocycles. The molecule has 0 bridgehead atoms. The van der Waals surface area contributed by atoms with Gasteiger partial charge in [0.15, 0.2) is 0 Å². The normalized spacial score (nSPS) is 17.0. The second kappa shape index (κ2) is 18.2. The van der Waals surface area contributed by atoms with Crippen molar-refractivity contribution in [1.82, 2.24) is 29.9 Å². The lowest BCUT2D eigenvalue weighted by molar-refractivity contribution is 0.122. The molecule has 0 unspecified atom stereocenters. The summed E-state index contributed by atoms with van der Waals surface area (Å²) in [4.78, 5) is 33.9. The number of benzene rings is 3. The van der Waals surface area contributed by atoms with Gasteiger partial charge in [-0.3, -0.25) is 14.0 Å². The van der Waals surface area contributed by atoms with Gasteiger partial charge in [-0.25, -0.2) is 0 Å². The number of ether oxygens (including phenoxy) is 2. The molecule has 3 aliphatic rings. The average molecular weight is 896 g/mol. The minimum atomic E-state index is -5.69. The summed E-state index contributed by atoms with van der Waals surface area (Å²) in [6, 6.07) is 23.7. The molecule has 21 heteroatoms. The van der Waals surface area contributed by atoms with Crippen LogP contribution in [0.3, 0.4) is 0 Å². The largest absolute Gasteiger partial charge is 0.378 e. The molecule has 19 nitrogen and oxygen atoms in total. The van der Waals surface area contributed by atoms with E-state index in [0.29, 0.717) is 69.5 Å². The number of aromatic nitrogens is 6. The van der Waals surface area contributed by atoms with Crippen molar-refractivity contribution >= 4 is 73.4 Å². The lowest BCUT2D eigenvalue weighted by Crippen LogP contribution is -2.50. The Balaban J connectivity index is 1.37. The summed E-state index contributed by atoms with van der Waals surface area (Å²) in [7, 11) is -11.4. The van der Waals surface area contributed by atoms with E-state index < -0.39 is 36.3 Å². The molecule has 2 fully saturated rings. The molecule has 3 aromatic carbocycles. The van der Waals surface area contributed by atoms with E-state index in [1.54, 1.807) is 30.3 Å². The van der Waals surface area contributed by atoms with Crippen molar-refractivity contribution in [3.05, 3.63) is 125 Å². The SMILES string of the molecule is Cc1ccc(Nc2nc(N3CCOCC3)nc(N(C3=CC=C(C=Cc4ccccc4)C(S(=O)(=O)O)(S(=O)(=O)O)C3)c3nc(Nc4ccc(C)cc4)nc(N4CCOCC4)n3)n2)cc1. The fourth-order valence-electron chi connectivity index (χ4n) is 7.12. The Morgan fingerprint density at radius 2 is 1.08 bits per heavy atom. The molecule has 2 aliphatic heterocycles. The van der Waals surface area contributed by atoms with Gasteiger partial charge in [-0.2, -0.15) is 46.7 Å². The second-order valence-corrected chi connectivity index (χ2v) is 18.5.